The average molecular weight is 435 g/mol. The smallest absolute Gasteiger partial charge is 0.336 e. The van der Waals surface area contributed by atoms with Crippen LogP contribution in [0.3, 0.4) is 0 Å². The van der Waals surface area contributed by atoms with Crippen molar-refractivity contribution in [3.63, 3.8) is 0 Å². The molecule has 0 amide bonds. The minimum atomic E-state index is -0.627. The lowest BCUT2D eigenvalue weighted by molar-refractivity contribution is -0.133. The summed E-state index contributed by atoms with van der Waals surface area (Å²) >= 11 is 0. The topological polar surface area (TPSA) is 84.0 Å². The predicted octanol–water partition coefficient (Wildman–Crippen LogP) is 3.23. The lowest BCUT2D eigenvalue weighted by Crippen LogP contribution is -2.26. The van der Waals surface area contributed by atoms with E-state index in [1.165, 1.54) is 0 Å². The highest BCUT2D eigenvalue weighted by molar-refractivity contribution is 5.98. The number of ether oxygens (including phenoxy) is 3. The second kappa shape index (κ2) is 9.55. The van der Waals surface area contributed by atoms with Gasteiger partial charge in [0.2, 0.25) is 5.62 Å². The third kappa shape index (κ3) is 4.30. The fourth-order valence-corrected chi connectivity index (χ4v) is 3.79. The lowest BCUT2D eigenvalue weighted by atomic mass is 10.2. The van der Waals surface area contributed by atoms with E-state index in [0.29, 0.717) is 25.2 Å². The Hall–Kier alpha value is -3.81. The van der Waals surface area contributed by atoms with Crippen LogP contribution in [-0.2, 0) is 22.7 Å². The number of nitrogens with zero attached hydrogens (tertiary/aromatic N) is 3. The second-order valence-corrected chi connectivity index (χ2v) is 7.28. The van der Waals surface area contributed by atoms with Crippen molar-refractivity contribution in [2.45, 2.75) is 32.9 Å². The van der Waals surface area contributed by atoms with Crippen molar-refractivity contribution >= 4 is 23.0 Å². The van der Waals surface area contributed by atoms with Crippen LogP contribution in [0.2, 0.25) is 0 Å². The number of esters is 2. The Morgan fingerprint density at radius 1 is 0.938 bits per heavy atom. The lowest BCUT2D eigenvalue weighted by Gasteiger charge is -2.13. The summed E-state index contributed by atoms with van der Waals surface area (Å²) in [5.74, 6) is 0.00854. The van der Waals surface area contributed by atoms with Crippen molar-refractivity contribution in [3.8, 4) is 17.2 Å². The first-order valence-electron chi connectivity index (χ1n) is 10.6. The van der Waals surface area contributed by atoms with Gasteiger partial charge in [0.25, 0.3) is 0 Å². The van der Waals surface area contributed by atoms with Gasteiger partial charge >= 0.3 is 11.9 Å². The first-order chi connectivity index (χ1) is 15.6. The highest BCUT2D eigenvalue weighted by Gasteiger charge is 2.23. The van der Waals surface area contributed by atoms with E-state index in [0.717, 1.165) is 41.9 Å². The molecule has 0 N–H and O–H groups in total. The number of hydrogen-bond donors (Lipinski definition) is 0. The van der Waals surface area contributed by atoms with Gasteiger partial charge in [-0.05, 0) is 37.1 Å². The van der Waals surface area contributed by atoms with Crippen LogP contribution in [0.15, 0.2) is 59.6 Å². The fraction of sp³-hybridized carbons (Fsp3) is 0.292. The zero-order chi connectivity index (χ0) is 22.5. The van der Waals surface area contributed by atoms with Gasteiger partial charge in [-0.3, -0.25) is 4.99 Å². The van der Waals surface area contributed by atoms with Crippen molar-refractivity contribution in [1.82, 2.24) is 9.13 Å². The highest BCUT2D eigenvalue weighted by Crippen LogP contribution is 2.36. The zero-order valence-corrected chi connectivity index (χ0v) is 18.1. The van der Waals surface area contributed by atoms with Crippen LogP contribution in [0.5, 0.6) is 17.2 Å². The van der Waals surface area contributed by atoms with Crippen LogP contribution in [-0.4, -0.2) is 34.7 Å². The Morgan fingerprint density at radius 3 is 2.41 bits per heavy atom. The number of imidazole rings is 1. The molecule has 0 spiro atoms. The van der Waals surface area contributed by atoms with Crippen LogP contribution < -0.4 is 19.8 Å². The van der Waals surface area contributed by atoms with Crippen molar-refractivity contribution in [2.24, 2.45) is 4.99 Å². The van der Waals surface area contributed by atoms with E-state index in [9.17, 15) is 9.59 Å². The summed E-state index contributed by atoms with van der Waals surface area (Å²) in [6.45, 7) is 3.92. The van der Waals surface area contributed by atoms with Crippen LogP contribution in [0, 0.1) is 0 Å². The molecule has 0 unspecified atom stereocenters. The molecule has 0 radical (unpaired) electrons. The largest absolute Gasteiger partial charge is 0.494 e. The number of carbonyl (C=O) groups excluding carboxylic acids is 2. The van der Waals surface area contributed by atoms with E-state index in [4.69, 9.17) is 14.2 Å². The molecular formula is C24H25N3O5. The third-order valence-electron chi connectivity index (χ3n) is 5.07. The minimum Gasteiger partial charge on any atom is -0.494 e. The minimum absolute atomic E-state index is 0.206. The molecule has 1 aromatic heterocycles. The SMILES string of the molecule is CCCn1c(=NC)n(CCCOc2ccccc2)c2ccc3c(c21)OC(=O)/C=C/C(=O)O3. The van der Waals surface area contributed by atoms with Crippen LogP contribution in [0.1, 0.15) is 19.8 Å². The van der Waals surface area contributed by atoms with Crippen LogP contribution in [0.25, 0.3) is 11.0 Å². The second-order valence-electron chi connectivity index (χ2n) is 7.28. The number of fused-ring (bicyclic) bond motifs is 3. The van der Waals surface area contributed by atoms with E-state index >= 15 is 0 Å². The standard InChI is InChI=1S/C24H25N3O5/c1-3-14-27-22-18(10-11-19-23(22)32-21(29)13-12-20(28)31-19)26(24(27)25-2)15-7-16-30-17-8-5-4-6-9-17/h4-6,8-13H,3,7,14-16H2,1-2H3/b13-12+,25-24?. The summed E-state index contributed by atoms with van der Waals surface area (Å²) in [7, 11) is 1.73. The van der Waals surface area contributed by atoms with Gasteiger partial charge in [0, 0.05) is 32.3 Å². The van der Waals surface area contributed by atoms with E-state index in [1.54, 1.807) is 13.1 Å². The highest BCUT2D eigenvalue weighted by atomic mass is 16.6. The van der Waals surface area contributed by atoms with Gasteiger partial charge in [0.1, 0.15) is 11.3 Å². The summed E-state index contributed by atoms with van der Waals surface area (Å²) < 4.78 is 20.9. The number of aryl methyl sites for hydroxylation is 2. The van der Waals surface area contributed by atoms with Gasteiger partial charge in [0.15, 0.2) is 11.5 Å². The summed E-state index contributed by atoms with van der Waals surface area (Å²) in [6, 6.07) is 13.2. The number of para-hydroxylation sites is 1. The molecule has 1 aliphatic rings. The molecule has 2 heterocycles. The Kier molecular flexibility index (Phi) is 6.39. The quantitative estimate of drug-likeness (QED) is 0.323. The molecule has 1 aliphatic heterocycles. The van der Waals surface area contributed by atoms with Gasteiger partial charge in [0.05, 0.1) is 12.1 Å². The van der Waals surface area contributed by atoms with Crippen molar-refractivity contribution in [3.05, 3.63) is 60.2 Å². The number of carbonyl (C=O) groups is 2. The molecule has 0 aliphatic carbocycles. The molecule has 32 heavy (non-hydrogen) atoms. The van der Waals surface area contributed by atoms with Gasteiger partial charge in [-0.2, -0.15) is 0 Å². The van der Waals surface area contributed by atoms with Gasteiger partial charge in [-0.25, -0.2) is 9.59 Å². The molecule has 0 atom stereocenters. The summed E-state index contributed by atoms with van der Waals surface area (Å²) in [5.41, 5.74) is 2.26. The molecular weight excluding hydrogens is 410 g/mol. The zero-order valence-electron chi connectivity index (χ0n) is 18.1. The maximum Gasteiger partial charge on any atom is 0.336 e. The summed E-state index contributed by atoms with van der Waals surface area (Å²) in [6.07, 6.45) is 3.72. The van der Waals surface area contributed by atoms with E-state index in [-0.39, 0.29) is 11.5 Å². The Bertz CT molecular complexity index is 1240. The van der Waals surface area contributed by atoms with Crippen molar-refractivity contribution < 1.29 is 23.8 Å². The van der Waals surface area contributed by atoms with Gasteiger partial charge < -0.3 is 23.3 Å². The predicted molar refractivity (Wildman–Crippen MR) is 119 cm³/mol. The molecule has 8 heteroatoms. The van der Waals surface area contributed by atoms with Gasteiger partial charge in [-0.1, -0.05) is 25.1 Å². The molecule has 0 saturated carbocycles. The number of benzene rings is 2. The third-order valence-corrected chi connectivity index (χ3v) is 5.07. The molecule has 0 saturated heterocycles. The fourth-order valence-electron chi connectivity index (χ4n) is 3.79. The molecule has 8 nitrogen and oxygen atoms in total. The number of hydrogen-bond acceptors (Lipinski definition) is 6. The Balaban J connectivity index is 1.73. The first-order valence-corrected chi connectivity index (χ1v) is 10.6. The van der Waals surface area contributed by atoms with Gasteiger partial charge in [-0.15, -0.1) is 0 Å². The van der Waals surface area contributed by atoms with E-state index in [1.807, 2.05) is 41.0 Å². The molecule has 0 fully saturated rings. The molecule has 0 bridgehead atoms. The normalized spacial score (nSPS) is 15.0. The molecule has 3 aromatic rings. The monoisotopic (exact) mass is 435 g/mol. The van der Waals surface area contributed by atoms with E-state index in [2.05, 4.69) is 16.5 Å². The molecule has 4 rings (SSSR count). The molecule has 2 aromatic carbocycles. The maximum atomic E-state index is 12.2. The number of aromatic nitrogens is 2. The Labute approximate surface area is 185 Å². The number of rotatable bonds is 7. The van der Waals surface area contributed by atoms with E-state index < -0.39 is 11.9 Å². The summed E-state index contributed by atoms with van der Waals surface area (Å²) in [5, 5.41) is 0. The Morgan fingerprint density at radius 2 is 1.69 bits per heavy atom. The van der Waals surface area contributed by atoms with Crippen LogP contribution in [0.4, 0.5) is 0 Å². The van der Waals surface area contributed by atoms with Crippen molar-refractivity contribution in [1.29, 1.82) is 0 Å². The first kappa shape index (κ1) is 21.4. The molecule has 166 valence electrons. The summed E-state index contributed by atoms with van der Waals surface area (Å²) in [4.78, 5) is 28.7. The average Bonchev–Trinajstić information content (AvgIpc) is 3.09. The van der Waals surface area contributed by atoms with Crippen molar-refractivity contribution in [2.75, 3.05) is 13.7 Å². The maximum absolute atomic E-state index is 12.2. The van der Waals surface area contributed by atoms with Crippen LogP contribution >= 0.6 is 0 Å².